The second-order valence-corrected chi connectivity index (χ2v) is 6.05. The molecule has 0 fully saturated rings. The predicted molar refractivity (Wildman–Crippen MR) is 73.0 cm³/mol. The lowest BCUT2D eigenvalue weighted by Gasteiger charge is -2.36. The van der Waals surface area contributed by atoms with Crippen molar-refractivity contribution in [3.05, 3.63) is 0 Å². The van der Waals surface area contributed by atoms with Crippen LogP contribution >= 0.6 is 0 Å². The molecule has 3 nitrogen and oxygen atoms in total. The molecule has 0 spiro atoms. The second-order valence-electron chi connectivity index (χ2n) is 6.05. The summed E-state index contributed by atoms with van der Waals surface area (Å²) >= 11 is 0. The Balaban J connectivity index is 4.57. The molecule has 0 heterocycles. The van der Waals surface area contributed by atoms with Crippen molar-refractivity contribution in [2.45, 2.75) is 65.5 Å². The topological polar surface area (TPSA) is 52.5 Å². The normalized spacial score (nSPS) is 13.1. The second kappa shape index (κ2) is 8.06. The van der Waals surface area contributed by atoms with Gasteiger partial charge in [-0.25, -0.2) is 0 Å². The third-order valence-electron chi connectivity index (χ3n) is 3.30. The molecule has 0 unspecified atom stereocenters. The molecule has 0 aromatic carbocycles. The lowest BCUT2D eigenvalue weighted by Crippen LogP contribution is -2.55. The molecule has 0 aliphatic heterocycles. The summed E-state index contributed by atoms with van der Waals surface area (Å²) in [7, 11) is 0. The summed E-state index contributed by atoms with van der Waals surface area (Å²) in [5, 5.41) is 22.4. The van der Waals surface area contributed by atoms with Gasteiger partial charge in [-0.1, -0.05) is 34.6 Å². The highest BCUT2D eigenvalue weighted by Gasteiger charge is 2.29. The maximum absolute atomic E-state index is 9.47. The Hall–Kier alpha value is -0.120. The predicted octanol–water partition coefficient (Wildman–Crippen LogP) is 2.17. The lowest BCUT2D eigenvalue weighted by molar-refractivity contribution is 0.0717. The van der Waals surface area contributed by atoms with Crippen molar-refractivity contribution in [2.24, 2.45) is 11.8 Å². The van der Waals surface area contributed by atoms with Gasteiger partial charge in [0.05, 0.1) is 18.8 Å². The van der Waals surface area contributed by atoms with E-state index < -0.39 is 5.54 Å². The molecule has 0 saturated carbocycles. The van der Waals surface area contributed by atoms with Gasteiger partial charge in [0.1, 0.15) is 0 Å². The fraction of sp³-hybridized carbons (Fsp3) is 1.00. The summed E-state index contributed by atoms with van der Waals surface area (Å²) in [5.41, 5.74) is -0.519. The van der Waals surface area contributed by atoms with Crippen molar-refractivity contribution in [3.8, 4) is 0 Å². The molecule has 0 saturated heterocycles. The standard InChI is InChI=1S/C14H31NO2/c1-6-14(9-16,10-17)15-13(7-11(2)3)8-12(4)5/h11-13,15-17H,6-10H2,1-5H3. The van der Waals surface area contributed by atoms with Gasteiger partial charge in [0.2, 0.25) is 0 Å². The van der Waals surface area contributed by atoms with Crippen LogP contribution in [-0.2, 0) is 0 Å². The maximum atomic E-state index is 9.47. The molecular weight excluding hydrogens is 214 g/mol. The summed E-state index contributed by atoms with van der Waals surface area (Å²) in [5.74, 6) is 1.25. The van der Waals surface area contributed by atoms with Crippen LogP contribution in [0.3, 0.4) is 0 Å². The minimum atomic E-state index is -0.519. The van der Waals surface area contributed by atoms with Crippen LogP contribution in [0, 0.1) is 11.8 Å². The van der Waals surface area contributed by atoms with Crippen molar-refractivity contribution in [1.82, 2.24) is 5.32 Å². The zero-order chi connectivity index (χ0) is 13.5. The number of aliphatic hydroxyl groups is 2. The molecule has 17 heavy (non-hydrogen) atoms. The minimum Gasteiger partial charge on any atom is -0.394 e. The van der Waals surface area contributed by atoms with E-state index in [4.69, 9.17) is 0 Å². The maximum Gasteiger partial charge on any atom is 0.0647 e. The van der Waals surface area contributed by atoms with Gasteiger partial charge in [0, 0.05) is 6.04 Å². The van der Waals surface area contributed by atoms with Crippen molar-refractivity contribution < 1.29 is 10.2 Å². The molecule has 104 valence electrons. The van der Waals surface area contributed by atoms with E-state index in [2.05, 4.69) is 33.0 Å². The zero-order valence-corrected chi connectivity index (χ0v) is 12.2. The first kappa shape index (κ1) is 16.9. The SMILES string of the molecule is CCC(CO)(CO)NC(CC(C)C)CC(C)C. The van der Waals surface area contributed by atoms with E-state index >= 15 is 0 Å². The summed E-state index contributed by atoms with van der Waals surface area (Å²) in [6.07, 6.45) is 2.91. The van der Waals surface area contributed by atoms with Crippen LogP contribution in [0.15, 0.2) is 0 Å². The first-order valence-corrected chi connectivity index (χ1v) is 6.88. The highest BCUT2D eigenvalue weighted by molar-refractivity contribution is 4.89. The van der Waals surface area contributed by atoms with Crippen LogP contribution in [0.4, 0.5) is 0 Å². The highest BCUT2D eigenvalue weighted by atomic mass is 16.3. The lowest BCUT2D eigenvalue weighted by atomic mass is 9.90. The Labute approximate surface area is 107 Å². The third-order valence-corrected chi connectivity index (χ3v) is 3.30. The van der Waals surface area contributed by atoms with Crippen molar-refractivity contribution in [3.63, 3.8) is 0 Å². The van der Waals surface area contributed by atoms with E-state index in [1.54, 1.807) is 0 Å². The van der Waals surface area contributed by atoms with Crippen molar-refractivity contribution in [1.29, 1.82) is 0 Å². The van der Waals surface area contributed by atoms with Gasteiger partial charge in [0.25, 0.3) is 0 Å². The molecule has 0 radical (unpaired) electrons. The Morgan fingerprint density at radius 2 is 1.35 bits per heavy atom. The highest BCUT2D eigenvalue weighted by Crippen LogP contribution is 2.18. The Morgan fingerprint density at radius 3 is 1.59 bits per heavy atom. The van der Waals surface area contributed by atoms with Gasteiger partial charge in [0.15, 0.2) is 0 Å². The first-order chi connectivity index (χ1) is 7.89. The average molecular weight is 245 g/mol. The summed E-state index contributed by atoms with van der Waals surface area (Å²) in [6.45, 7) is 10.8. The molecule has 0 bridgehead atoms. The van der Waals surface area contributed by atoms with Crippen LogP contribution in [0.1, 0.15) is 53.9 Å². The molecule has 0 amide bonds. The summed E-state index contributed by atoms with van der Waals surface area (Å²) in [4.78, 5) is 0. The van der Waals surface area contributed by atoms with Gasteiger partial charge < -0.3 is 15.5 Å². The quantitative estimate of drug-likeness (QED) is 0.583. The Kier molecular flexibility index (Phi) is 8.01. The number of rotatable bonds is 9. The molecule has 0 rings (SSSR count). The van der Waals surface area contributed by atoms with Gasteiger partial charge in [-0.05, 0) is 31.1 Å². The minimum absolute atomic E-state index is 0.00725. The smallest absolute Gasteiger partial charge is 0.0647 e. The Morgan fingerprint density at radius 1 is 0.941 bits per heavy atom. The van der Waals surface area contributed by atoms with Crippen LogP contribution in [-0.4, -0.2) is 35.0 Å². The molecule has 0 aliphatic carbocycles. The molecule has 0 aliphatic rings. The van der Waals surface area contributed by atoms with Crippen molar-refractivity contribution >= 4 is 0 Å². The molecule has 3 heteroatoms. The van der Waals surface area contributed by atoms with Gasteiger partial charge >= 0.3 is 0 Å². The monoisotopic (exact) mass is 245 g/mol. The van der Waals surface area contributed by atoms with Crippen LogP contribution in [0.25, 0.3) is 0 Å². The van der Waals surface area contributed by atoms with Gasteiger partial charge in [-0.15, -0.1) is 0 Å². The fourth-order valence-corrected chi connectivity index (χ4v) is 2.25. The number of aliphatic hydroxyl groups excluding tert-OH is 2. The molecule has 0 atom stereocenters. The van der Waals surface area contributed by atoms with E-state index in [0.29, 0.717) is 17.9 Å². The molecule has 3 N–H and O–H groups in total. The van der Waals surface area contributed by atoms with Gasteiger partial charge in [-0.2, -0.15) is 0 Å². The molecular formula is C14H31NO2. The van der Waals surface area contributed by atoms with E-state index in [-0.39, 0.29) is 13.2 Å². The number of hydrogen-bond acceptors (Lipinski definition) is 3. The first-order valence-electron chi connectivity index (χ1n) is 6.88. The van der Waals surface area contributed by atoms with E-state index in [1.165, 1.54) is 0 Å². The van der Waals surface area contributed by atoms with E-state index in [9.17, 15) is 10.2 Å². The summed E-state index contributed by atoms with van der Waals surface area (Å²) < 4.78 is 0. The van der Waals surface area contributed by atoms with E-state index in [1.807, 2.05) is 6.92 Å². The van der Waals surface area contributed by atoms with Crippen LogP contribution in [0.2, 0.25) is 0 Å². The van der Waals surface area contributed by atoms with Crippen LogP contribution in [0.5, 0.6) is 0 Å². The van der Waals surface area contributed by atoms with Crippen molar-refractivity contribution in [2.75, 3.05) is 13.2 Å². The third kappa shape index (κ3) is 6.39. The Bertz CT molecular complexity index is 170. The summed E-state index contributed by atoms with van der Waals surface area (Å²) in [6, 6.07) is 0.370. The molecule has 0 aromatic rings. The van der Waals surface area contributed by atoms with Crippen LogP contribution < -0.4 is 5.32 Å². The van der Waals surface area contributed by atoms with E-state index in [0.717, 1.165) is 19.3 Å². The average Bonchev–Trinajstić information content (AvgIpc) is 2.24. The number of nitrogens with one attached hydrogen (secondary N) is 1. The fourth-order valence-electron chi connectivity index (χ4n) is 2.25. The zero-order valence-electron chi connectivity index (χ0n) is 12.2. The largest absolute Gasteiger partial charge is 0.394 e. The number of hydrogen-bond donors (Lipinski definition) is 3. The van der Waals surface area contributed by atoms with Gasteiger partial charge in [-0.3, -0.25) is 0 Å². The molecule has 0 aromatic heterocycles.